The summed E-state index contributed by atoms with van der Waals surface area (Å²) in [6.45, 7) is 1.79. The van der Waals surface area contributed by atoms with Crippen LogP contribution >= 0.6 is 0 Å². The second kappa shape index (κ2) is 10.0. The summed E-state index contributed by atoms with van der Waals surface area (Å²) in [7, 11) is 0. The molecule has 2 aromatic rings. The van der Waals surface area contributed by atoms with Crippen molar-refractivity contribution in [2.45, 2.75) is 18.8 Å². The van der Waals surface area contributed by atoms with E-state index in [0.29, 0.717) is 42.2 Å². The Morgan fingerprint density at radius 1 is 1.07 bits per heavy atom. The van der Waals surface area contributed by atoms with Gasteiger partial charge in [-0.25, -0.2) is 4.39 Å². The first-order chi connectivity index (χ1) is 14.2. The molecule has 2 heterocycles. The Morgan fingerprint density at radius 3 is 2.34 bits per heavy atom. The maximum atomic E-state index is 13.2. The number of aromatic nitrogens is 2. The van der Waals surface area contributed by atoms with E-state index in [0.717, 1.165) is 18.4 Å². The molecule has 0 radical (unpaired) electrons. The molecule has 154 valence electrons. The Balaban J connectivity index is 1.81. The number of nitrogens with zero attached hydrogens (tertiary/aromatic N) is 4. The third-order valence-electron chi connectivity index (χ3n) is 4.94. The van der Waals surface area contributed by atoms with E-state index in [1.165, 1.54) is 12.1 Å². The third-order valence-corrected chi connectivity index (χ3v) is 4.94. The average Bonchev–Trinajstić information content (AvgIpc) is 2.76. The van der Waals surface area contributed by atoms with Gasteiger partial charge in [0.2, 0.25) is 5.95 Å². The lowest BCUT2D eigenvalue weighted by Crippen LogP contribution is -2.34. The zero-order chi connectivity index (χ0) is 20.6. The largest absolute Gasteiger partial charge is 0.395 e. The minimum absolute atomic E-state index is 0.0683. The summed E-state index contributed by atoms with van der Waals surface area (Å²) in [5.74, 6) is 1.29. The van der Waals surface area contributed by atoms with Gasteiger partial charge in [-0.2, -0.15) is 15.2 Å². The number of halogens is 1. The molecule has 1 aromatic carbocycles. The summed E-state index contributed by atoms with van der Waals surface area (Å²) >= 11 is 0. The molecule has 3 rings (SSSR count). The molecule has 0 unspecified atom stereocenters. The SMILES string of the molecule is N#Cc1c(NCCO)nc(NCCO)nc1N1CCC(c2ccc(F)cc2)CC1. The number of hydrogen-bond acceptors (Lipinski definition) is 8. The number of rotatable bonds is 8. The number of nitriles is 1. The number of piperidine rings is 1. The molecule has 1 aliphatic rings. The number of aliphatic hydroxyl groups excluding tert-OH is 2. The van der Waals surface area contributed by atoms with E-state index >= 15 is 0 Å². The van der Waals surface area contributed by atoms with Crippen LogP contribution in [0.3, 0.4) is 0 Å². The first-order valence-electron chi connectivity index (χ1n) is 9.68. The molecule has 0 saturated carbocycles. The fraction of sp³-hybridized carbons (Fsp3) is 0.450. The summed E-state index contributed by atoms with van der Waals surface area (Å²) in [6, 6.07) is 8.80. The van der Waals surface area contributed by atoms with Crippen LogP contribution in [0.25, 0.3) is 0 Å². The molecule has 1 saturated heterocycles. The van der Waals surface area contributed by atoms with Gasteiger partial charge in [-0.05, 0) is 36.5 Å². The number of nitrogens with one attached hydrogen (secondary N) is 2. The maximum Gasteiger partial charge on any atom is 0.226 e. The average molecular weight is 400 g/mol. The molecule has 4 N–H and O–H groups in total. The van der Waals surface area contributed by atoms with Crippen molar-refractivity contribution in [2.75, 3.05) is 54.9 Å². The first-order valence-corrected chi connectivity index (χ1v) is 9.68. The van der Waals surface area contributed by atoms with Crippen LogP contribution in [0.5, 0.6) is 0 Å². The van der Waals surface area contributed by atoms with Crippen LogP contribution in [-0.4, -0.2) is 59.6 Å². The van der Waals surface area contributed by atoms with Crippen molar-refractivity contribution in [1.82, 2.24) is 9.97 Å². The van der Waals surface area contributed by atoms with Crippen LogP contribution in [0, 0.1) is 17.1 Å². The lowest BCUT2D eigenvalue weighted by atomic mass is 9.89. The van der Waals surface area contributed by atoms with Crippen molar-refractivity contribution in [3.63, 3.8) is 0 Å². The van der Waals surface area contributed by atoms with E-state index in [9.17, 15) is 9.65 Å². The Kier molecular flexibility index (Phi) is 7.16. The molecule has 0 bridgehead atoms. The van der Waals surface area contributed by atoms with Gasteiger partial charge in [0.05, 0.1) is 13.2 Å². The van der Waals surface area contributed by atoms with Gasteiger partial charge in [-0.3, -0.25) is 0 Å². The Bertz CT molecular complexity index is 847. The monoisotopic (exact) mass is 400 g/mol. The van der Waals surface area contributed by atoms with Crippen molar-refractivity contribution < 1.29 is 14.6 Å². The van der Waals surface area contributed by atoms with Crippen LogP contribution < -0.4 is 15.5 Å². The lowest BCUT2D eigenvalue weighted by Gasteiger charge is -2.33. The second-order valence-corrected chi connectivity index (χ2v) is 6.82. The molecule has 1 aliphatic heterocycles. The fourth-order valence-electron chi connectivity index (χ4n) is 3.49. The summed E-state index contributed by atoms with van der Waals surface area (Å²) < 4.78 is 13.2. The van der Waals surface area contributed by atoms with Gasteiger partial charge >= 0.3 is 0 Å². The minimum Gasteiger partial charge on any atom is -0.395 e. The van der Waals surface area contributed by atoms with Crippen LogP contribution in [0.15, 0.2) is 24.3 Å². The number of anilines is 3. The quantitative estimate of drug-likeness (QED) is 0.529. The highest BCUT2D eigenvalue weighted by atomic mass is 19.1. The Labute approximate surface area is 169 Å². The van der Waals surface area contributed by atoms with E-state index in [-0.39, 0.29) is 32.1 Å². The predicted molar refractivity (Wildman–Crippen MR) is 108 cm³/mol. The van der Waals surface area contributed by atoms with E-state index in [1.54, 1.807) is 0 Å². The van der Waals surface area contributed by atoms with Gasteiger partial charge in [0.1, 0.15) is 17.4 Å². The van der Waals surface area contributed by atoms with Gasteiger partial charge < -0.3 is 25.7 Å². The predicted octanol–water partition coefficient (Wildman–Crippen LogP) is 1.68. The minimum atomic E-state index is -0.239. The van der Waals surface area contributed by atoms with Gasteiger partial charge in [-0.1, -0.05) is 12.1 Å². The van der Waals surface area contributed by atoms with E-state index in [4.69, 9.17) is 10.2 Å². The lowest BCUT2D eigenvalue weighted by molar-refractivity contribution is 0.311. The number of hydrogen-bond donors (Lipinski definition) is 4. The zero-order valence-electron chi connectivity index (χ0n) is 16.1. The molecule has 29 heavy (non-hydrogen) atoms. The van der Waals surface area contributed by atoms with Crippen molar-refractivity contribution in [3.05, 3.63) is 41.2 Å². The van der Waals surface area contributed by atoms with Crippen LogP contribution in [0.1, 0.15) is 29.9 Å². The Hall–Kier alpha value is -2.96. The number of benzene rings is 1. The normalized spacial score (nSPS) is 14.5. The van der Waals surface area contributed by atoms with Gasteiger partial charge in [0.15, 0.2) is 11.6 Å². The molecule has 0 aliphatic carbocycles. The molecule has 8 nitrogen and oxygen atoms in total. The molecular formula is C20H25FN6O2. The van der Waals surface area contributed by atoms with Crippen molar-refractivity contribution >= 4 is 17.6 Å². The van der Waals surface area contributed by atoms with E-state index in [1.807, 2.05) is 12.1 Å². The molecule has 1 aromatic heterocycles. The molecule has 0 atom stereocenters. The highest BCUT2D eigenvalue weighted by Crippen LogP contribution is 2.33. The van der Waals surface area contributed by atoms with Gasteiger partial charge in [-0.15, -0.1) is 0 Å². The highest BCUT2D eigenvalue weighted by molar-refractivity contribution is 5.68. The molecule has 9 heteroatoms. The summed E-state index contributed by atoms with van der Waals surface area (Å²) in [4.78, 5) is 10.9. The van der Waals surface area contributed by atoms with Crippen LogP contribution in [0.2, 0.25) is 0 Å². The molecule has 0 amide bonds. The Morgan fingerprint density at radius 2 is 1.72 bits per heavy atom. The number of aliphatic hydroxyl groups is 2. The summed E-state index contributed by atoms with van der Waals surface area (Å²) in [5, 5.41) is 33.8. The summed E-state index contributed by atoms with van der Waals surface area (Å²) in [6.07, 6.45) is 1.72. The molecule has 0 spiro atoms. The fourth-order valence-corrected chi connectivity index (χ4v) is 3.49. The molecule has 1 fully saturated rings. The highest BCUT2D eigenvalue weighted by Gasteiger charge is 2.25. The van der Waals surface area contributed by atoms with E-state index in [2.05, 4.69) is 31.6 Å². The second-order valence-electron chi connectivity index (χ2n) is 6.82. The standard InChI is InChI=1S/C20H25FN6O2/c21-16-3-1-14(2-4-16)15-5-9-27(10-6-15)19-17(13-22)18(23-7-11-28)25-20(26-19)24-8-12-29/h1-4,15,28-29H,5-12H2,(H2,23,24,25,26). The van der Waals surface area contributed by atoms with Gasteiger partial charge in [0, 0.05) is 26.2 Å². The maximum absolute atomic E-state index is 13.2. The van der Waals surface area contributed by atoms with Crippen LogP contribution in [-0.2, 0) is 0 Å². The molecular weight excluding hydrogens is 375 g/mol. The van der Waals surface area contributed by atoms with Crippen molar-refractivity contribution in [1.29, 1.82) is 5.26 Å². The van der Waals surface area contributed by atoms with Crippen molar-refractivity contribution in [2.24, 2.45) is 0 Å². The van der Waals surface area contributed by atoms with Crippen LogP contribution in [0.4, 0.5) is 22.0 Å². The first kappa shape index (κ1) is 20.8. The summed E-state index contributed by atoms with van der Waals surface area (Å²) in [5.41, 5.74) is 1.44. The topological polar surface area (TPSA) is 117 Å². The van der Waals surface area contributed by atoms with Crippen molar-refractivity contribution in [3.8, 4) is 6.07 Å². The third kappa shape index (κ3) is 5.10. The van der Waals surface area contributed by atoms with Gasteiger partial charge in [0.25, 0.3) is 0 Å². The van der Waals surface area contributed by atoms with E-state index < -0.39 is 0 Å². The smallest absolute Gasteiger partial charge is 0.226 e. The zero-order valence-corrected chi connectivity index (χ0v) is 16.1.